The summed E-state index contributed by atoms with van der Waals surface area (Å²) in [6.07, 6.45) is 4.26. The van der Waals surface area contributed by atoms with Gasteiger partial charge in [-0.05, 0) is 50.8 Å². The van der Waals surface area contributed by atoms with Crippen molar-refractivity contribution in [3.05, 3.63) is 29.3 Å². The Morgan fingerprint density at radius 1 is 1.53 bits per heavy atom. The topological polar surface area (TPSA) is 32.3 Å². The summed E-state index contributed by atoms with van der Waals surface area (Å²) in [5.41, 5.74) is 1.92. The van der Waals surface area contributed by atoms with Gasteiger partial charge in [-0.2, -0.15) is 0 Å². The zero-order valence-electron chi connectivity index (χ0n) is 11.9. The van der Waals surface area contributed by atoms with Crippen LogP contribution in [0.3, 0.4) is 0 Å². The van der Waals surface area contributed by atoms with E-state index in [-0.39, 0.29) is 5.91 Å². The van der Waals surface area contributed by atoms with Crippen LogP contribution in [0.5, 0.6) is 0 Å². The summed E-state index contributed by atoms with van der Waals surface area (Å²) < 4.78 is 0. The lowest BCUT2D eigenvalue weighted by molar-refractivity contribution is 0.0736. The number of benzene rings is 1. The van der Waals surface area contributed by atoms with E-state index in [2.05, 4.69) is 11.4 Å². The Morgan fingerprint density at radius 3 is 3.00 bits per heavy atom. The van der Waals surface area contributed by atoms with Gasteiger partial charge >= 0.3 is 0 Å². The molecule has 1 N–H and O–H groups in total. The van der Waals surface area contributed by atoms with E-state index in [1.54, 1.807) is 11.8 Å². The molecule has 0 radical (unpaired) electrons. The van der Waals surface area contributed by atoms with E-state index in [1.807, 2.05) is 37.3 Å². The van der Waals surface area contributed by atoms with Crippen molar-refractivity contribution in [2.24, 2.45) is 0 Å². The first-order valence-corrected chi connectivity index (χ1v) is 8.00. The van der Waals surface area contributed by atoms with Crippen molar-refractivity contribution in [2.45, 2.75) is 30.7 Å². The van der Waals surface area contributed by atoms with Gasteiger partial charge in [0, 0.05) is 29.6 Å². The number of nitrogens with zero attached hydrogens (tertiary/aromatic N) is 1. The van der Waals surface area contributed by atoms with Crippen LogP contribution in [0.15, 0.2) is 23.1 Å². The van der Waals surface area contributed by atoms with Crippen molar-refractivity contribution in [1.82, 2.24) is 10.2 Å². The number of carbonyl (C=O) groups excluding carboxylic acids is 1. The minimum atomic E-state index is 0.186. The number of hydrogen-bond acceptors (Lipinski definition) is 3. The Bertz CT molecular complexity index is 461. The van der Waals surface area contributed by atoms with Crippen LogP contribution in [0, 0.1) is 6.92 Å². The Kier molecular flexibility index (Phi) is 4.88. The number of amides is 1. The molecule has 2 rings (SSSR count). The third-order valence-corrected chi connectivity index (χ3v) is 4.48. The maximum atomic E-state index is 12.7. The lowest BCUT2D eigenvalue weighted by atomic mass is 10.1. The van der Waals surface area contributed by atoms with E-state index in [9.17, 15) is 4.79 Å². The fraction of sp³-hybridized carbons (Fsp3) is 0.533. The molecule has 0 bridgehead atoms. The van der Waals surface area contributed by atoms with Crippen LogP contribution >= 0.6 is 11.8 Å². The number of carbonyl (C=O) groups is 1. The first-order valence-electron chi connectivity index (χ1n) is 6.77. The second kappa shape index (κ2) is 6.44. The largest absolute Gasteiger partial charge is 0.334 e. The van der Waals surface area contributed by atoms with Gasteiger partial charge in [-0.15, -0.1) is 11.8 Å². The van der Waals surface area contributed by atoms with Gasteiger partial charge in [0.25, 0.3) is 5.91 Å². The lowest BCUT2D eigenvalue weighted by Gasteiger charge is -2.25. The van der Waals surface area contributed by atoms with Gasteiger partial charge in [0.2, 0.25) is 0 Å². The number of rotatable bonds is 4. The van der Waals surface area contributed by atoms with Crippen LogP contribution < -0.4 is 5.32 Å². The van der Waals surface area contributed by atoms with Gasteiger partial charge < -0.3 is 10.2 Å². The van der Waals surface area contributed by atoms with Crippen molar-refractivity contribution in [1.29, 1.82) is 0 Å². The highest BCUT2D eigenvalue weighted by molar-refractivity contribution is 7.98. The summed E-state index contributed by atoms with van der Waals surface area (Å²) in [6, 6.07) is 6.49. The van der Waals surface area contributed by atoms with E-state index in [4.69, 9.17) is 0 Å². The van der Waals surface area contributed by atoms with E-state index in [0.717, 1.165) is 42.0 Å². The van der Waals surface area contributed by atoms with Crippen molar-refractivity contribution >= 4 is 17.7 Å². The molecule has 1 saturated heterocycles. The van der Waals surface area contributed by atoms with Crippen molar-refractivity contribution < 1.29 is 4.79 Å². The van der Waals surface area contributed by atoms with E-state index in [1.165, 1.54) is 0 Å². The predicted molar refractivity (Wildman–Crippen MR) is 80.9 cm³/mol. The molecule has 0 saturated carbocycles. The zero-order chi connectivity index (χ0) is 13.8. The van der Waals surface area contributed by atoms with E-state index in [0.29, 0.717) is 6.04 Å². The third-order valence-electron chi connectivity index (χ3n) is 3.75. The quantitative estimate of drug-likeness (QED) is 0.859. The number of nitrogens with one attached hydrogen (secondary N) is 1. The fourth-order valence-electron chi connectivity index (χ4n) is 2.66. The standard InChI is InChI=1S/C15H22N2OS/c1-11-6-7-13(19-3)9-14(11)15(18)17-8-4-5-12(17)10-16-2/h6-7,9,12,16H,4-5,8,10H2,1-3H3. The first-order chi connectivity index (χ1) is 9.17. The molecular formula is C15H22N2OS. The number of hydrogen-bond donors (Lipinski definition) is 1. The fourth-order valence-corrected chi connectivity index (χ4v) is 3.10. The van der Waals surface area contributed by atoms with Gasteiger partial charge in [0.1, 0.15) is 0 Å². The molecule has 0 aliphatic carbocycles. The van der Waals surface area contributed by atoms with Crippen molar-refractivity contribution in [2.75, 3.05) is 26.4 Å². The second-order valence-corrected chi connectivity index (χ2v) is 5.91. The van der Waals surface area contributed by atoms with Gasteiger partial charge in [-0.25, -0.2) is 0 Å². The Balaban J connectivity index is 2.23. The lowest BCUT2D eigenvalue weighted by Crippen LogP contribution is -2.41. The SMILES string of the molecule is CNCC1CCCN1C(=O)c1cc(SC)ccc1C. The summed E-state index contributed by atoms with van der Waals surface area (Å²) >= 11 is 1.68. The molecule has 0 aromatic heterocycles. The molecule has 19 heavy (non-hydrogen) atoms. The van der Waals surface area contributed by atoms with E-state index < -0.39 is 0 Å². The second-order valence-electron chi connectivity index (χ2n) is 5.03. The van der Waals surface area contributed by atoms with Crippen LogP contribution in [0.25, 0.3) is 0 Å². The average Bonchev–Trinajstić information content (AvgIpc) is 2.87. The van der Waals surface area contributed by atoms with Gasteiger partial charge in [-0.1, -0.05) is 6.07 Å². The molecule has 1 atom stereocenters. The number of thioether (sulfide) groups is 1. The zero-order valence-corrected chi connectivity index (χ0v) is 12.7. The summed E-state index contributed by atoms with van der Waals surface area (Å²) in [5, 5.41) is 3.19. The van der Waals surface area contributed by atoms with Gasteiger partial charge in [0.05, 0.1) is 0 Å². The first kappa shape index (κ1) is 14.4. The monoisotopic (exact) mass is 278 g/mol. The van der Waals surface area contributed by atoms with Crippen molar-refractivity contribution in [3.63, 3.8) is 0 Å². The predicted octanol–water partition coefficient (Wildman–Crippen LogP) is 2.54. The minimum absolute atomic E-state index is 0.186. The molecule has 1 heterocycles. The van der Waals surface area contributed by atoms with Crippen LogP contribution in [0.1, 0.15) is 28.8 Å². The average molecular weight is 278 g/mol. The Morgan fingerprint density at radius 2 is 2.32 bits per heavy atom. The van der Waals surface area contributed by atoms with E-state index >= 15 is 0 Å². The molecule has 0 spiro atoms. The smallest absolute Gasteiger partial charge is 0.254 e. The summed E-state index contributed by atoms with van der Waals surface area (Å²) in [5.74, 6) is 0.186. The molecule has 4 heteroatoms. The molecule has 1 amide bonds. The van der Waals surface area contributed by atoms with Crippen LogP contribution in [-0.2, 0) is 0 Å². The number of likely N-dealkylation sites (N-methyl/N-ethyl adjacent to an activating group) is 1. The summed E-state index contributed by atoms with van der Waals surface area (Å²) in [4.78, 5) is 15.9. The normalized spacial score (nSPS) is 18.9. The number of likely N-dealkylation sites (tertiary alicyclic amines) is 1. The summed E-state index contributed by atoms with van der Waals surface area (Å²) in [7, 11) is 1.95. The highest BCUT2D eigenvalue weighted by atomic mass is 32.2. The maximum Gasteiger partial charge on any atom is 0.254 e. The molecule has 1 aliphatic heterocycles. The maximum absolute atomic E-state index is 12.7. The van der Waals surface area contributed by atoms with Crippen LogP contribution in [0.2, 0.25) is 0 Å². The Hall–Kier alpha value is -1.00. The Labute approximate surface area is 119 Å². The third kappa shape index (κ3) is 3.12. The molecule has 1 aromatic rings. The van der Waals surface area contributed by atoms with Crippen LogP contribution in [0.4, 0.5) is 0 Å². The van der Waals surface area contributed by atoms with Gasteiger partial charge in [0.15, 0.2) is 0 Å². The number of aryl methyl sites for hydroxylation is 1. The van der Waals surface area contributed by atoms with Crippen molar-refractivity contribution in [3.8, 4) is 0 Å². The highest BCUT2D eigenvalue weighted by Gasteiger charge is 2.29. The molecular weight excluding hydrogens is 256 g/mol. The van der Waals surface area contributed by atoms with Crippen LogP contribution in [-0.4, -0.2) is 43.2 Å². The summed E-state index contributed by atoms with van der Waals surface area (Å²) in [6.45, 7) is 3.78. The molecule has 1 unspecified atom stereocenters. The molecule has 1 aliphatic rings. The molecule has 1 aromatic carbocycles. The molecule has 3 nitrogen and oxygen atoms in total. The molecule has 1 fully saturated rings. The highest BCUT2D eigenvalue weighted by Crippen LogP contribution is 2.24. The van der Waals surface area contributed by atoms with Gasteiger partial charge in [-0.3, -0.25) is 4.79 Å². The molecule has 104 valence electrons. The minimum Gasteiger partial charge on any atom is -0.334 e.